The van der Waals surface area contributed by atoms with E-state index in [-0.39, 0.29) is 22.8 Å². The molecule has 0 aromatic heterocycles. The SMILES string of the molecule is COc1ccc(N(CC(=O)NCCSCc2c(Cl)cccc2Cl)S(=O)(=O)c2ccc(C)c([N+](=O)[O-])c2)cc1. The number of methoxy groups -OCH3 is 1. The molecule has 0 aliphatic heterocycles. The lowest BCUT2D eigenvalue weighted by Gasteiger charge is -2.24. The molecule has 13 heteroatoms. The van der Waals surface area contributed by atoms with Gasteiger partial charge in [-0.25, -0.2) is 8.42 Å². The molecule has 202 valence electrons. The monoisotopic (exact) mass is 597 g/mol. The van der Waals surface area contributed by atoms with Gasteiger partial charge in [-0.15, -0.1) is 0 Å². The molecule has 1 N–H and O–H groups in total. The summed E-state index contributed by atoms with van der Waals surface area (Å²) in [6.45, 7) is 1.26. The zero-order valence-corrected chi connectivity index (χ0v) is 23.7. The third-order valence-electron chi connectivity index (χ3n) is 5.49. The maximum atomic E-state index is 13.6. The van der Waals surface area contributed by atoms with Gasteiger partial charge in [0.25, 0.3) is 15.7 Å². The fourth-order valence-electron chi connectivity index (χ4n) is 3.43. The summed E-state index contributed by atoms with van der Waals surface area (Å²) in [4.78, 5) is 23.2. The van der Waals surface area contributed by atoms with Crippen LogP contribution in [-0.2, 0) is 20.6 Å². The fraction of sp³-hybridized carbons (Fsp3) is 0.240. The lowest BCUT2D eigenvalue weighted by molar-refractivity contribution is -0.385. The molecule has 0 radical (unpaired) electrons. The molecule has 3 aromatic carbocycles. The zero-order valence-electron chi connectivity index (χ0n) is 20.5. The highest BCUT2D eigenvalue weighted by molar-refractivity contribution is 7.98. The van der Waals surface area contributed by atoms with Crippen LogP contribution in [0.1, 0.15) is 11.1 Å². The van der Waals surface area contributed by atoms with Crippen LogP contribution in [0.3, 0.4) is 0 Å². The van der Waals surface area contributed by atoms with Crippen LogP contribution in [0.15, 0.2) is 65.6 Å². The predicted octanol–water partition coefficient (Wildman–Crippen LogP) is 5.46. The molecule has 0 heterocycles. The van der Waals surface area contributed by atoms with Gasteiger partial charge >= 0.3 is 0 Å². The largest absolute Gasteiger partial charge is 0.497 e. The molecule has 1 amide bonds. The minimum atomic E-state index is -4.33. The highest BCUT2D eigenvalue weighted by atomic mass is 35.5. The number of hydrogen-bond donors (Lipinski definition) is 1. The number of halogens is 2. The number of nitrogens with zero attached hydrogens (tertiary/aromatic N) is 2. The van der Waals surface area contributed by atoms with Crippen molar-refractivity contribution in [3.05, 3.63) is 92.0 Å². The van der Waals surface area contributed by atoms with Crippen molar-refractivity contribution >= 4 is 62.3 Å². The molecule has 3 aromatic rings. The van der Waals surface area contributed by atoms with E-state index in [4.69, 9.17) is 27.9 Å². The molecule has 0 unspecified atom stereocenters. The first-order valence-corrected chi connectivity index (χ1v) is 14.6. The summed E-state index contributed by atoms with van der Waals surface area (Å²) < 4.78 is 33.2. The molecule has 38 heavy (non-hydrogen) atoms. The molecule has 9 nitrogen and oxygen atoms in total. The van der Waals surface area contributed by atoms with Gasteiger partial charge in [0.15, 0.2) is 0 Å². The Kier molecular flexibility index (Phi) is 10.3. The average Bonchev–Trinajstić information content (AvgIpc) is 2.88. The minimum absolute atomic E-state index is 0.201. The third kappa shape index (κ3) is 7.31. The minimum Gasteiger partial charge on any atom is -0.497 e. The highest BCUT2D eigenvalue weighted by Gasteiger charge is 2.29. The predicted molar refractivity (Wildman–Crippen MR) is 151 cm³/mol. The van der Waals surface area contributed by atoms with E-state index in [1.165, 1.54) is 50.1 Å². The summed E-state index contributed by atoms with van der Waals surface area (Å²) in [7, 11) is -2.86. The van der Waals surface area contributed by atoms with Gasteiger partial charge in [0.05, 0.1) is 22.6 Å². The Morgan fingerprint density at radius 1 is 1.11 bits per heavy atom. The Morgan fingerprint density at radius 2 is 1.76 bits per heavy atom. The Hall–Kier alpha value is -2.99. The molecule has 0 spiro atoms. The van der Waals surface area contributed by atoms with Crippen LogP contribution in [0.2, 0.25) is 10.0 Å². The number of anilines is 1. The maximum absolute atomic E-state index is 13.6. The molecular weight excluding hydrogens is 573 g/mol. The van der Waals surface area contributed by atoms with Crippen molar-refractivity contribution in [3.63, 3.8) is 0 Å². The Bertz CT molecular complexity index is 1400. The quantitative estimate of drug-likeness (QED) is 0.167. The number of ether oxygens (including phenoxy) is 1. The summed E-state index contributed by atoms with van der Waals surface area (Å²) in [6.07, 6.45) is 0. The van der Waals surface area contributed by atoms with Crippen LogP contribution in [0.4, 0.5) is 11.4 Å². The van der Waals surface area contributed by atoms with Gasteiger partial charge in [0.2, 0.25) is 5.91 Å². The van der Waals surface area contributed by atoms with Crippen molar-refractivity contribution in [2.45, 2.75) is 17.6 Å². The number of nitrogens with one attached hydrogen (secondary N) is 1. The summed E-state index contributed by atoms with van der Waals surface area (Å²) >= 11 is 13.9. The summed E-state index contributed by atoms with van der Waals surface area (Å²) in [5.41, 5.74) is 0.988. The van der Waals surface area contributed by atoms with E-state index in [1.807, 2.05) is 0 Å². The second-order valence-corrected chi connectivity index (χ2v) is 11.8. The standard InChI is InChI=1S/C25H25Cl2N3O6S2/c1-17-6-11-20(14-24(17)30(32)33)38(34,35)29(18-7-9-19(36-2)10-8-18)15-25(31)28-12-13-37-16-21-22(26)4-3-5-23(21)27/h3-11,14H,12-13,15-16H2,1-2H3,(H,28,31). The lowest BCUT2D eigenvalue weighted by atomic mass is 10.2. The third-order valence-corrected chi connectivity index (χ3v) is 8.95. The molecule has 0 aliphatic carbocycles. The van der Waals surface area contributed by atoms with E-state index in [2.05, 4.69) is 5.32 Å². The van der Waals surface area contributed by atoms with Crippen molar-refractivity contribution in [3.8, 4) is 5.75 Å². The van der Waals surface area contributed by atoms with Gasteiger partial charge in [-0.1, -0.05) is 35.3 Å². The van der Waals surface area contributed by atoms with Crippen LogP contribution in [-0.4, -0.2) is 45.2 Å². The molecular formula is C25H25Cl2N3O6S2. The first-order valence-electron chi connectivity index (χ1n) is 11.2. The van der Waals surface area contributed by atoms with Gasteiger partial charge in [-0.05, 0) is 55.0 Å². The summed E-state index contributed by atoms with van der Waals surface area (Å²) in [5.74, 6) is 1.04. The second kappa shape index (κ2) is 13.2. The molecule has 0 bridgehead atoms. The Morgan fingerprint density at radius 3 is 2.37 bits per heavy atom. The van der Waals surface area contributed by atoms with Crippen LogP contribution in [0.25, 0.3) is 0 Å². The number of rotatable bonds is 12. The van der Waals surface area contributed by atoms with E-state index in [1.54, 1.807) is 30.3 Å². The number of carbonyl (C=O) groups is 1. The van der Waals surface area contributed by atoms with E-state index >= 15 is 0 Å². The molecule has 3 rings (SSSR count). The number of aryl methyl sites for hydroxylation is 1. The molecule has 0 atom stereocenters. The Labute approximate surface area is 235 Å². The number of amides is 1. The first-order chi connectivity index (χ1) is 18.0. The van der Waals surface area contributed by atoms with Gasteiger partial charge < -0.3 is 10.1 Å². The van der Waals surface area contributed by atoms with E-state index in [9.17, 15) is 23.3 Å². The zero-order chi connectivity index (χ0) is 27.9. The van der Waals surface area contributed by atoms with Crippen LogP contribution >= 0.6 is 35.0 Å². The Balaban J connectivity index is 1.74. The fourth-order valence-corrected chi connectivity index (χ4v) is 6.47. The lowest BCUT2D eigenvalue weighted by Crippen LogP contribution is -2.41. The van der Waals surface area contributed by atoms with Crippen molar-refractivity contribution in [2.75, 3.05) is 30.3 Å². The van der Waals surface area contributed by atoms with E-state index in [0.717, 1.165) is 15.9 Å². The second-order valence-electron chi connectivity index (χ2n) is 8.02. The molecule has 0 fully saturated rings. The molecule has 0 aliphatic rings. The van der Waals surface area contributed by atoms with E-state index < -0.39 is 27.4 Å². The van der Waals surface area contributed by atoms with Crippen molar-refractivity contribution < 1.29 is 22.9 Å². The maximum Gasteiger partial charge on any atom is 0.273 e. The van der Waals surface area contributed by atoms with Crippen molar-refractivity contribution in [2.24, 2.45) is 0 Å². The summed E-state index contributed by atoms with van der Waals surface area (Å²) in [6, 6.07) is 15.0. The number of hydrogen-bond acceptors (Lipinski definition) is 7. The van der Waals surface area contributed by atoms with Crippen molar-refractivity contribution in [1.82, 2.24) is 5.32 Å². The highest BCUT2D eigenvalue weighted by Crippen LogP contribution is 2.30. The number of benzene rings is 3. The van der Waals surface area contributed by atoms with Gasteiger partial charge in [-0.2, -0.15) is 11.8 Å². The number of nitro groups is 1. The smallest absolute Gasteiger partial charge is 0.273 e. The van der Waals surface area contributed by atoms with Crippen molar-refractivity contribution in [1.29, 1.82) is 0 Å². The number of sulfonamides is 1. The van der Waals surface area contributed by atoms with Gasteiger partial charge in [-0.3, -0.25) is 19.2 Å². The van der Waals surface area contributed by atoms with Gasteiger partial charge in [0.1, 0.15) is 12.3 Å². The first kappa shape index (κ1) is 29.6. The van der Waals surface area contributed by atoms with Crippen LogP contribution in [0, 0.1) is 17.0 Å². The van der Waals surface area contributed by atoms with Crippen LogP contribution < -0.4 is 14.4 Å². The topological polar surface area (TPSA) is 119 Å². The number of thioether (sulfide) groups is 1. The van der Waals surface area contributed by atoms with E-state index in [0.29, 0.717) is 32.9 Å². The summed E-state index contributed by atoms with van der Waals surface area (Å²) in [5, 5.41) is 15.2. The van der Waals surface area contributed by atoms with Gasteiger partial charge in [0, 0.05) is 39.7 Å². The molecule has 0 saturated carbocycles. The average molecular weight is 599 g/mol. The number of carbonyl (C=O) groups excluding carboxylic acids is 1. The normalized spacial score (nSPS) is 11.2. The number of nitro benzene ring substituents is 1. The van der Waals surface area contributed by atoms with Crippen LogP contribution in [0.5, 0.6) is 5.75 Å². The molecule has 0 saturated heterocycles.